The fourth-order valence-electron chi connectivity index (χ4n) is 3.77. The molecule has 164 valence electrons. The molecule has 0 spiro atoms. The van der Waals surface area contributed by atoms with E-state index in [9.17, 15) is 9.90 Å². The molecule has 1 aromatic heterocycles. The lowest BCUT2D eigenvalue weighted by molar-refractivity contribution is -0.0163. The second-order valence-electron chi connectivity index (χ2n) is 8.12. The predicted octanol–water partition coefficient (Wildman–Crippen LogP) is 4.65. The molecule has 30 heavy (non-hydrogen) atoms. The quantitative estimate of drug-likeness (QED) is 0.690. The maximum atomic E-state index is 12.9. The van der Waals surface area contributed by atoms with Crippen molar-refractivity contribution in [1.29, 1.82) is 0 Å². The third kappa shape index (κ3) is 5.29. The first-order chi connectivity index (χ1) is 14.2. The minimum Gasteiger partial charge on any atom is -0.491 e. The lowest BCUT2D eigenvalue weighted by Gasteiger charge is -2.27. The van der Waals surface area contributed by atoms with Crippen LogP contribution in [0.25, 0.3) is 0 Å². The third-order valence-electron chi connectivity index (χ3n) is 5.49. The number of hydrogen-bond acceptors (Lipinski definition) is 4. The van der Waals surface area contributed by atoms with Crippen LogP contribution in [0.15, 0.2) is 18.3 Å². The first-order valence-electron chi connectivity index (χ1n) is 10.4. The van der Waals surface area contributed by atoms with Gasteiger partial charge in [-0.25, -0.2) is 0 Å². The fraction of sp³-hybridized carbons (Fsp3) is 0.545. The first kappa shape index (κ1) is 22.9. The molecule has 1 N–H and O–H groups in total. The summed E-state index contributed by atoms with van der Waals surface area (Å²) in [6, 6.07) is 3.75. The standard InChI is InChI=1S/C22H29Cl2N3O3/c1-4-8-27-13-18(23)20(25-27)21(28)26-9-5-6-22(29,7-10-26)14-30-17-11-15(2)19(24)16(3)12-17/h11-13,29H,4-10,14H2,1-3H3. The second-order valence-corrected chi connectivity index (χ2v) is 8.90. The number of carbonyl (C=O) groups excluding carboxylic acids is 1. The maximum Gasteiger partial charge on any atom is 0.275 e. The number of amides is 1. The molecular weight excluding hydrogens is 425 g/mol. The van der Waals surface area contributed by atoms with Gasteiger partial charge >= 0.3 is 0 Å². The SMILES string of the molecule is CCCn1cc(Cl)c(C(=O)N2CCCC(O)(COc3cc(C)c(Cl)c(C)c3)CC2)n1. The van der Waals surface area contributed by atoms with E-state index >= 15 is 0 Å². The van der Waals surface area contributed by atoms with Gasteiger partial charge < -0.3 is 14.7 Å². The van der Waals surface area contributed by atoms with Crippen LogP contribution in [0.1, 0.15) is 54.2 Å². The van der Waals surface area contributed by atoms with Gasteiger partial charge in [-0.15, -0.1) is 0 Å². The van der Waals surface area contributed by atoms with Crippen molar-refractivity contribution in [3.05, 3.63) is 45.2 Å². The summed E-state index contributed by atoms with van der Waals surface area (Å²) in [7, 11) is 0. The van der Waals surface area contributed by atoms with E-state index in [1.807, 2.05) is 32.9 Å². The molecule has 3 rings (SSSR count). The average Bonchev–Trinajstić information content (AvgIpc) is 2.95. The molecule has 0 radical (unpaired) electrons. The molecule has 0 bridgehead atoms. The number of aryl methyl sites for hydroxylation is 3. The van der Waals surface area contributed by atoms with E-state index in [1.165, 1.54) is 0 Å². The highest BCUT2D eigenvalue weighted by atomic mass is 35.5. The molecule has 0 saturated carbocycles. The number of aromatic nitrogens is 2. The Morgan fingerprint density at radius 2 is 1.93 bits per heavy atom. The van der Waals surface area contributed by atoms with Crippen LogP contribution in [0.3, 0.4) is 0 Å². The summed E-state index contributed by atoms with van der Waals surface area (Å²) in [5.41, 5.74) is 1.16. The number of hydrogen-bond donors (Lipinski definition) is 1. The minimum atomic E-state index is -0.998. The molecule has 2 aromatic rings. The summed E-state index contributed by atoms with van der Waals surface area (Å²) in [6.07, 6.45) is 4.26. The molecule has 0 aliphatic carbocycles. The Labute approximate surface area is 187 Å². The fourth-order valence-corrected chi connectivity index (χ4v) is 4.11. The van der Waals surface area contributed by atoms with E-state index in [1.54, 1.807) is 15.8 Å². The van der Waals surface area contributed by atoms with Crippen molar-refractivity contribution in [2.45, 2.75) is 58.6 Å². The highest BCUT2D eigenvalue weighted by molar-refractivity contribution is 6.33. The zero-order valence-corrected chi connectivity index (χ0v) is 19.3. The molecule has 1 amide bonds. The zero-order valence-electron chi connectivity index (χ0n) is 17.8. The summed E-state index contributed by atoms with van der Waals surface area (Å²) in [5.74, 6) is 0.497. The minimum absolute atomic E-state index is 0.168. The van der Waals surface area contributed by atoms with Crippen molar-refractivity contribution in [3.8, 4) is 5.75 Å². The molecule has 1 unspecified atom stereocenters. The predicted molar refractivity (Wildman–Crippen MR) is 119 cm³/mol. The van der Waals surface area contributed by atoms with Crippen LogP contribution in [0.2, 0.25) is 10.0 Å². The molecule has 1 fully saturated rings. The van der Waals surface area contributed by atoms with Gasteiger partial charge in [-0.05, 0) is 62.8 Å². The van der Waals surface area contributed by atoms with Gasteiger partial charge in [0.25, 0.3) is 5.91 Å². The van der Waals surface area contributed by atoms with E-state index in [2.05, 4.69) is 5.10 Å². The summed E-state index contributed by atoms with van der Waals surface area (Å²) in [4.78, 5) is 14.6. The van der Waals surface area contributed by atoms with Crippen LogP contribution in [0.5, 0.6) is 5.75 Å². The van der Waals surface area contributed by atoms with E-state index in [0.717, 1.165) is 22.6 Å². The number of benzene rings is 1. The monoisotopic (exact) mass is 453 g/mol. The van der Waals surface area contributed by atoms with Gasteiger partial charge in [-0.3, -0.25) is 9.48 Å². The van der Waals surface area contributed by atoms with Gasteiger partial charge in [-0.1, -0.05) is 30.1 Å². The van der Waals surface area contributed by atoms with Gasteiger partial charge in [0.1, 0.15) is 18.0 Å². The molecule has 1 aliphatic rings. The molecule has 1 aliphatic heterocycles. The van der Waals surface area contributed by atoms with Crippen LogP contribution in [-0.4, -0.2) is 51.0 Å². The molecular formula is C22H29Cl2N3O3. The summed E-state index contributed by atoms with van der Waals surface area (Å²) in [6.45, 7) is 7.76. The van der Waals surface area contributed by atoms with Crippen LogP contribution < -0.4 is 4.74 Å². The van der Waals surface area contributed by atoms with Gasteiger partial charge in [0.15, 0.2) is 5.69 Å². The average molecular weight is 454 g/mol. The van der Waals surface area contributed by atoms with Gasteiger partial charge in [-0.2, -0.15) is 5.10 Å². The summed E-state index contributed by atoms with van der Waals surface area (Å²) >= 11 is 12.5. The Balaban J connectivity index is 1.63. The van der Waals surface area contributed by atoms with Crippen LogP contribution >= 0.6 is 23.2 Å². The lowest BCUT2D eigenvalue weighted by Crippen LogP contribution is -2.38. The Kier molecular flexibility index (Phi) is 7.32. The maximum absolute atomic E-state index is 12.9. The van der Waals surface area contributed by atoms with Crippen molar-refractivity contribution in [2.24, 2.45) is 0 Å². The van der Waals surface area contributed by atoms with Crippen molar-refractivity contribution < 1.29 is 14.6 Å². The van der Waals surface area contributed by atoms with Crippen LogP contribution in [0, 0.1) is 13.8 Å². The van der Waals surface area contributed by atoms with Gasteiger partial charge in [0.2, 0.25) is 0 Å². The van der Waals surface area contributed by atoms with E-state index < -0.39 is 5.60 Å². The van der Waals surface area contributed by atoms with E-state index in [0.29, 0.717) is 49.7 Å². The van der Waals surface area contributed by atoms with Gasteiger partial charge in [0, 0.05) is 30.9 Å². The number of halogens is 2. The highest BCUT2D eigenvalue weighted by Crippen LogP contribution is 2.29. The number of ether oxygens (including phenoxy) is 1. The Bertz CT molecular complexity index is 892. The van der Waals surface area contributed by atoms with Crippen molar-refractivity contribution in [3.63, 3.8) is 0 Å². The Morgan fingerprint density at radius 1 is 1.23 bits per heavy atom. The Morgan fingerprint density at radius 3 is 2.60 bits per heavy atom. The number of carbonyl (C=O) groups is 1. The number of rotatable bonds is 6. The number of aliphatic hydroxyl groups is 1. The van der Waals surface area contributed by atoms with E-state index in [-0.39, 0.29) is 18.2 Å². The largest absolute Gasteiger partial charge is 0.491 e. The highest BCUT2D eigenvalue weighted by Gasteiger charge is 2.33. The molecule has 8 heteroatoms. The molecule has 1 aromatic carbocycles. The number of likely N-dealkylation sites (tertiary alicyclic amines) is 1. The van der Waals surface area contributed by atoms with Crippen molar-refractivity contribution in [1.82, 2.24) is 14.7 Å². The first-order valence-corrected chi connectivity index (χ1v) is 11.1. The zero-order chi connectivity index (χ0) is 21.9. The van der Waals surface area contributed by atoms with Crippen LogP contribution in [-0.2, 0) is 6.54 Å². The Hall–Kier alpha value is -1.76. The topological polar surface area (TPSA) is 67.6 Å². The van der Waals surface area contributed by atoms with Crippen molar-refractivity contribution in [2.75, 3.05) is 19.7 Å². The summed E-state index contributed by atoms with van der Waals surface area (Å²) < 4.78 is 7.60. The normalized spacial score (nSPS) is 19.6. The molecule has 1 atom stereocenters. The summed E-state index contributed by atoms with van der Waals surface area (Å²) in [5, 5.41) is 16.5. The lowest BCUT2D eigenvalue weighted by atomic mass is 9.96. The molecule has 2 heterocycles. The number of nitrogens with zero attached hydrogens (tertiary/aromatic N) is 3. The molecule has 1 saturated heterocycles. The van der Waals surface area contributed by atoms with Gasteiger partial charge in [0.05, 0.1) is 5.02 Å². The van der Waals surface area contributed by atoms with Crippen molar-refractivity contribution >= 4 is 29.1 Å². The third-order valence-corrected chi connectivity index (χ3v) is 6.37. The van der Waals surface area contributed by atoms with Crippen LogP contribution in [0.4, 0.5) is 0 Å². The van der Waals surface area contributed by atoms with E-state index in [4.69, 9.17) is 27.9 Å². The smallest absolute Gasteiger partial charge is 0.275 e. The second kappa shape index (κ2) is 9.58. The molecule has 6 nitrogen and oxygen atoms in total.